The van der Waals surface area contributed by atoms with Crippen molar-refractivity contribution in [2.24, 2.45) is 0 Å². The normalized spacial score (nSPS) is 20.6. The Morgan fingerprint density at radius 3 is 3.06 bits per heavy atom. The molecule has 3 nitrogen and oxygen atoms in total. The lowest BCUT2D eigenvalue weighted by Gasteiger charge is -2.15. The molecule has 1 aromatic rings. The minimum atomic E-state index is -0.297. The highest BCUT2D eigenvalue weighted by molar-refractivity contribution is 5.45. The van der Waals surface area contributed by atoms with E-state index in [1.54, 1.807) is 14.0 Å². The standard InChI is InChI=1S/C13H19NO2/c1-9(15)8-14-12-7-6-11-10(12)4-3-5-13(11)16-2/h3-5,9,12,14-15H,6-8H2,1-2H3. The second kappa shape index (κ2) is 4.85. The SMILES string of the molecule is COc1cccc2c1CCC2NCC(C)O. The van der Waals surface area contributed by atoms with Crippen molar-refractivity contribution in [2.45, 2.75) is 31.9 Å². The maximum absolute atomic E-state index is 9.27. The number of nitrogens with one attached hydrogen (secondary N) is 1. The molecule has 2 N–H and O–H groups in total. The number of rotatable bonds is 4. The highest BCUT2D eigenvalue weighted by Crippen LogP contribution is 2.36. The van der Waals surface area contributed by atoms with E-state index in [4.69, 9.17) is 4.74 Å². The van der Waals surface area contributed by atoms with Gasteiger partial charge in [0.25, 0.3) is 0 Å². The fourth-order valence-electron chi connectivity index (χ4n) is 2.34. The lowest BCUT2D eigenvalue weighted by molar-refractivity contribution is 0.186. The molecular weight excluding hydrogens is 202 g/mol. The monoisotopic (exact) mass is 221 g/mol. The minimum absolute atomic E-state index is 0.297. The van der Waals surface area contributed by atoms with E-state index in [1.165, 1.54) is 11.1 Å². The molecule has 16 heavy (non-hydrogen) atoms. The van der Waals surface area contributed by atoms with Gasteiger partial charge in [0.1, 0.15) is 5.75 Å². The molecule has 2 rings (SSSR count). The first-order valence-corrected chi connectivity index (χ1v) is 5.79. The van der Waals surface area contributed by atoms with E-state index in [0.29, 0.717) is 12.6 Å². The van der Waals surface area contributed by atoms with Gasteiger partial charge in [-0.2, -0.15) is 0 Å². The first kappa shape index (κ1) is 11.4. The van der Waals surface area contributed by atoms with Gasteiger partial charge < -0.3 is 15.2 Å². The molecular formula is C13H19NO2. The van der Waals surface area contributed by atoms with E-state index in [2.05, 4.69) is 11.4 Å². The summed E-state index contributed by atoms with van der Waals surface area (Å²) >= 11 is 0. The fourth-order valence-corrected chi connectivity index (χ4v) is 2.34. The van der Waals surface area contributed by atoms with Crippen molar-refractivity contribution < 1.29 is 9.84 Å². The molecule has 88 valence electrons. The van der Waals surface area contributed by atoms with Crippen molar-refractivity contribution >= 4 is 0 Å². The van der Waals surface area contributed by atoms with E-state index in [-0.39, 0.29) is 6.10 Å². The van der Waals surface area contributed by atoms with Crippen LogP contribution in [0.4, 0.5) is 0 Å². The van der Waals surface area contributed by atoms with E-state index in [0.717, 1.165) is 18.6 Å². The zero-order chi connectivity index (χ0) is 11.5. The summed E-state index contributed by atoms with van der Waals surface area (Å²) in [5.74, 6) is 0.985. The maximum Gasteiger partial charge on any atom is 0.122 e. The average molecular weight is 221 g/mol. The molecule has 2 atom stereocenters. The van der Waals surface area contributed by atoms with Crippen molar-refractivity contribution in [3.05, 3.63) is 29.3 Å². The van der Waals surface area contributed by atoms with Gasteiger partial charge in [-0.25, -0.2) is 0 Å². The average Bonchev–Trinajstić information content (AvgIpc) is 2.69. The van der Waals surface area contributed by atoms with Crippen molar-refractivity contribution in [3.8, 4) is 5.75 Å². The minimum Gasteiger partial charge on any atom is -0.496 e. The number of ether oxygens (including phenoxy) is 1. The van der Waals surface area contributed by atoms with Crippen LogP contribution in [0.5, 0.6) is 5.75 Å². The largest absolute Gasteiger partial charge is 0.496 e. The van der Waals surface area contributed by atoms with Gasteiger partial charge in [0.2, 0.25) is 0 Å². The van der Waals surface area contributed by atoms with Gasteiger partial charge in [-0.15, -0.1) is 0 Å². The summed E-state index contributed by atoms with van der Waals surface area (Å²) in [6.07, 6.45) is 1.84. The number of aliphatic hydroxyl groups is 1. The molecule has 2 unspecified atom stereocenters. The summed E-state index contributed by atoms with van der Waals surface area (Å²) < 4.78 is 5.35. The molecule has 0 amide bonds. The van der Waals surface area contributed by atoms with Crippen LogP contribution < -0.4 is 10.1 Å². The summed E-state index contributed by atoms with van der Waals surface area (Å²) in [6, 6.07) is 6.54. The van der Waals surface area contributed by atoms with Gasteiger partial charge in [0.05, 0.1) is 13.2 Å². The number of aliphatic hydroxyl groups excluding tert-OH is 1. The Hall–Kier alpha value is -1.06. The number of benzene rings is 1. The molecule has 0 aliphatic heterocycles. The van der Waals surface area contributed by atoms with Crippen molar-refractivity contribution in [2.75, 3.05) is 13.7 Å². The Bertz CT molecular complexity index is 363. The molecule has 3 heteroatoms. The van der Waals surface area contributed by atoms with Gasteiger partial charge in [-0.1, -0.05) is 12.1 Å². The summed E-state index contributed by atoms with van der Waals surface area (Å²) in [7, 11) is 1.71. The van der Waals surface area contributed by atoms with Gasteiger partial charge >= 0.3 is 0 Å². The first-order chi connectivity index (χ1) is 7.72. The molecule has 1 aliphatic rings. The Kier molecular flexibility index (Phi) is 3.46. The van der Waals surface area contributed by atoms with Crippen LogP contribution >= 0.6 is 0 Å². The lowest BCUT2D eigenvalue weighted by atomic mass is 10.1. The maximum atomic E-state index is 9.27. The fraction of sp³-hybridized carbons (Fsp3) is 0.538. The lowest BCUT2D eigenvalue weighted by Crippen LogP contribution is -2.27. The second-order valence-corrected chi connectivity index (χ2v) is 4.38. The molecule has 0 saturated carbocycles. The number of methoxy groups -OCH3 is 1. The van der Waals surface area contributed by atoms with Crippen LogP contribution in [0.2, 0.25) is 0 Å². The number of fused-ring (bicyclic) bond motifs is 1. The third-order valence-corrected chi connectivity index (χ3v) is 3.11. The Labute approximate surface area is 96.4 Å². The van der Waals surface area contributed by atoms with Gasteiger partial charge in [0.15, 0.2) is 0 Å². The summed E-state index contributed by atoms with van der Waals surface area (Å²) in [6.45, 7) is 2.44. The quantitative estimate of drug-likeness (QED) is 0.812. The summed E-state index contributed by atoms with van der Waals surface area (Å²) in [5, 5.41) is 12.7. The van der Waals surface area contributed by atoms with Crippen molar-refractivity contribution in [1.29, 1.82) is 0 Å². The number of hydrogen-bond donors (Lipinski definition) is 2. The first-order valence-electron chi connectivity index (χ1n) is 5.79. The van der Waals surface area contributed by atoms with Crippen LogP contribution in [0.3, 0.4) is 0 Å². The van der Waals surface area contributed by atoms with Crippen molar-refractivity contribution in [3.63, 3.8) is 0 Å². The highest BCUT2D eigenvalue weighted by atomic mass is 16.5. The van der Waals surface area contributed by atoms with Crippen LogP contribution in [0.25, 0.3) is 0 Å². The van der Waals surface area contributed by atoms with E-state index < -0.39 is 0 Å². The van der Waals surface area contributed by atoms with E-state index >= 15 is 0 Å². The Morgan fingerprint density at radius 2 is 2.38 bits per heavy atom. The molecule has 0 heterocycles. The topological polar surface area (TPSA) is 41.5 Å². The molecule has 0 bridgehead atoms. The summed E-state index contributed by atoms with van der Waals surface area (Å²) in [4.78, 5) is 0. The van der Waals surface area contributed by atoms with Crippen LogP contribution in [-0.4, -0.2) is 24.9 Å². The molecule has 1 aromatic carbocycles. The molecule has 0 radical (unpaired) electrons. The van der Waals surface area contributed by atoms with Gasteiger partial charge in [0, 0.05) is 12.6 Å². The molecule has 0 fully saturated rings. The zero-order valence-corrected chi connectivity index (χ0v) is 9.86. The molecule has 1 aliphatic carbocycles. The molecule has 0 aromatic heterocycles. The molecule has 0 saturated heterocycles. The Morgan fingerprint density at radius 1 is 1.56 bits per heavy atom. The van der Waals surface area contributed by atoms with Crippen LogP contribution in [0.15, 0.2) is 18.2 Å². The van der Waals surface area contributed by atoms with Gasteiger partial charge in [-0.05, 0) is 37.0 Å². The van der Waals surface area contributed by atoms with E-state index in [1.807, 2.05) is 12.1 Å². The van der Waals surface area contributed by atoms with Crippen molar-refractivity contribution in [1.82, 2.24) is 5.32 Å². The third-order valence-electron chi connectivity index (χ3n) is 3.11. The third kappa shape index (κ3) is 2.20. The number of hydrogen-bond acceptors (Lipinski definition) is 3. The van der Waals surface area contributed by atoms with E-state index in [9.17, 15) is 5.11 Å². The zero-order valence-electron chi connectivity index (χ0n) is 9.86. The highest BCUT2D eigenvalue weighted by Gasteiger charge is 2.24. The predicted octanol–water partition coefficient (Wildman–Crippen LogP) is 1.65. The second-order valence-electron chi connectivity index (χ2n) is 4.38. The Balaban J connectivity index is 2.13. The summed E-state index contributed by atoms with van der Waals surface area (Å²) in [5.41, 5.74) is 2.63. The van der Waals surface area contributed by atoms with Crippen LogP contribution in [0, 0.1) is 0 Å². The molecule has 0 spiro atoms. The predicted molar refractivity (Wildman–Crippen MR) is 63.7 cm³/mol. The smallest absolute Gasteiger partial charge is 0.122 e. The van der Waals surface area contributed by atoms with Crippen LogP contribution in [0.1, 0.15) is 30.5 Å². The van der Waals surface area contributed by atoms with Gasteiger partial charge in [-0.3, -0.25) is 0 Å². The van der Waals surface area contributed by atoms with Crippen LogP contribution in [-0.2, 0) is 6.42 Å².